The number of halogens is 2. The predicted octanol–water partition coefficient (Wildman–Crippen LogP) is 3.40. The molecule has 1 aromatic carbocycles. The second kappa shape index (κ2) is 7.53. The Morgan fingerprint density at radius 2 is 2.00 bits per heavy atom. The SMILES string of the molecule is CCOc1cc(CNc2cc(C)ncn2)ccc1OC(F)F. The Morgan fingerprint density at radius 3 is 2.68 bits per heavy atom. The first-order chi connectivity index (χ1) is 10.6. The van der Waals surface area contributed by atoms with Gasteiger partial charge in [0.1, 0.15) is 12.1 Å². The average molecular weight is 309 g/mol. The Bertz CT molecular complexity index is 623. The van der Waals surface area contributed by atoms with Crippen LogP contribution in [0.25, 0.3) is 0 Å². The summed E-state index contributed by atoms with van der Waals surface area (Å²) in [5.41, 5.74) is 1.72. The third kappa shape index (κ3) is 4.54. The smallest absolute Gasteiger partial charge is 0.387 e. The number of ether oxygens (including phenoxy) is 2. The van der Waals surface area contributed by atoms with E-state index in [1.807, 2.05) is 13.0 Å². The third-order valence-corrected chi connectivity index (χ3v) is 2.80. The molecule has 0 unspecified atom stereocenters. The van der Waals surface area contributed by atoms with E-state index < -0.39 is 6.61 Å². The van der Waals surface area contributed by atoms with Gasteiger partial charge in [-0.25, -0.2) is 9.97 Å². The molecule has 2 aromatic rings. The van der Waals surface area contributed by atoms with Gasteiger partial charge in [0, 0.05) is 18.3 Å². The molecule has 5 nitrogen and oxygen atoms in total. The summed E-state index contributed by atoms with van der Waals surface area (Å²) in [5.74, 6) is 1.01. The molecule has 1 aromatic heterocycles. The number of nitrogens with one attached hydrogen (secondary N) is 1. The summed E-state index contributed by atoms with van der Waals surface area (Å²) in [6.07, 6.45) is 1.48. The number of hydrogen-bond acceptors (Lipinski definition) is 5. The molecule has 0 fully saturated rings. The Balaban J connectivity index is 2.09. The summed E-state index contributed by atoms with van der Waals surface area (Å²) >= 11 is 0. The summed E-state index contributed by atoms with van der Waals surface area (Å²) in [5, 5.41) is 3.14. The maximum Gasteiger partial charge on any atom is 0.387 e. The largest absolute Gasteiger partial charge is 0.490 e. The number of hydrogen-bond donors (Lipinski definition) is 1. The number of rotatable bonds is 7. The van der Waals surface area contributed by atoms with Gasteiger partial charge < -0.3 is 14.8 Å². The first-order valence-electron chi connectivity index (χ1n) is 6.81. The van der Waals surface area contributed by atoms with Crippen molar-refractivity contribution in [3.05, 3.63) is 41.9 Å². The van der Waals surface area contributed by atoms with Crippen LogP contribution in [0.15, 0.2) is 30.6 Å². The topological polar surface area (TPSA) is 56.3 Å². The molecule has 1 heterocycles. The highest BCUT2D eigenvalue weighted by atomic mass is 19.3. The maximum absolute atomic E-state index is 12.3. The molecule has 0 spiro atoms. The van der Waals surface area contributed by atoms with Crippen LogP contribution in [0.2, 0.25) is 0 Å². The highest BCUT2D eigenvalue weighted by Gasteiger charge is 2.11. The van der Waals surface area contributed by atoms with Gasteiger partial charge in [-0.2, -0.15) is 8.78 Å². The number of aromatic nitrogens is 2. The van der Waals surface area contributed by atoms with Crippen molar-refractivity contribution in [2.45, 2.75) is 27.0 Å². The minimum absolute atomic E-state index is 0.0264. The Kier molecular flexibility index (Phi) is 5.46. The molecular formula is C15H17F2N3O2. The van der Waals surface area contributed by atoms with Crippen molar-refractivity contribution in [1.82, 2.24) is 9.97 Å². The second-order valence-electron chi connectivity index (χ2n) is 4.49. The Labute approximate surface area is 127 Å². The lowest BCUT2D eigenvalue weighted by atomic mass is 10.2. The van der Waals surface area contributed by atoms with E-state index in [0.29, 0.717) is 24.7 Å². The number of alkyl halides is 2. The van der Waals surface area contributed by atoms with Crippen LogP contribution in [0, 0.1) is 6.92 Å². The van der Waals surface area contributed by atoms with E-state index in [2.05, 4.69) is 20.0 Å². The van der Waals surface area contributed by atoms with Gasteiger partial charge >= 0.3 is 6.61 Å². The highest BCUT2D eigenvalue weighted by molar-refractivity contribution is 5.44. The van der Waals surface area contributed by atoms with Crippen molar-refractivity contribution < 1.29 is 18.3 Å². The lowest BCUT2D eigenvalue weighted by Crippen LogP contribution is -2.06. The van der Waals surface area contributed by atoms with Crippen molar-refractivity contribution in [2.24, 2.45) is 0 Å². The van der Waals surface area contributed by atoms with Gasteiger partial charge in [0.05, 0.1) is 6.61 Å². The second-order valence-corrected chi connectivity index (χ2v) is 4.49. The molecule has 0 atom stereocenters. The molecule has 2 rings (SSSR count). The van der Waals surface area contributed by atoms with E-state index in [4.69, 9.17) is 4.74 Å². The number of nitrogens with zero attached hydrogens (tertiary/aromatic N) is 2. The van der Waals surface area contributed by atoms with Gasteiger partial charge in [0.15, 0.2) is 11.5 Å². The van der Waals surface area contributed by atoms with Gasteiger partial charge in [-0.05, 0) is 31.5 Å². The Hall–Kier alpha value is -2.44. The van der Waals surface area contributed by atoms with Crippen molar-refractivity contribution >= 4 is 5.82 Å². The molecule has 1 N–H and O–H groups in total. The monoisotopic (exact) mass is 309 g/mol. The van der Waals surface area contributed by atoms with E-state index in [9.17, 15) is 8.78 Å². The first kappa shape index (κ1) is 15.9. The highest BCUT2D eigenvalue weighted by Crippen LogP contribution is 2.30. The van der Waals surface area contributed by atoms with Crippen molar-refractivity contribution in [3.63, 3.8) is 0 Å². The van der Waals surface area contributed by atoms with Crippen LogP contribution in [0.1, 0.15) is 18.2 Å². The quantitative estimate of drug-likeness (QED) is 0.849. The van der Waals surface area contributed by atoms with Crippen LogP contribution in [0.4, 0.5) is 14.6 Å². The fourth-order valence-corrected chi connectivity index (χ4v) is 1.87. The van der Waals surface area contributed by atoms with Crippen LogP contribution in [0.3, 0.4) is 0 Å². The van der Waals surface area contributed by atoms with Crippen LogP contribution in [0.5, 0.6) is 11.5 Å². The molecule has 118 valence electrons. The van der Waals surface area contributed by atoms with Crippen LogP contribution in [-0.4, -0.2) is 23.2 Å². The summed E-state index contributed by atoms with van der Waals surface area (Å²) < 4.78 is 34.5. The van der Waals surface area contributed by atoms with Gasteiger partial charge in [-0.15, -0.1) is 0 Å². The molecule has 0 radical (unpaired) electrons. The molecule has 0 saturated carbocycles. The lowest BCUT2D eigenvalue weighted by molar-refractivity contribution is -0.0514. The number of anilines is 1. The molecule has 0 aliphatic heterocycles. The molecule has 0 aliphatic carbocycles. The molecule has 0 amide bonds. The molecule has 7 heteroatoms. The van der Waals surface area contributed by atoms with E-state index in [1.54, 1.807) is 19.1 Å². The van der Waals surface area contributed by atoms with Crippen LogP contribution in [-0.2, 0) is 6.54 Å². The molecule has 0 saturated heterocycles. The summed E-state index contributed by atoms with van der Waals surface area (Å²) in [6.45, 7) is 1.61. The van der Waals surface area contributed by atoms with Crippen molar-refractivity contribution in [2.75, 3.05) is 11.9 Å². The van der Waals surface area contributed by atoms with Crippen LogP contribution >= 0.6 is 0 Å². The minimum atomic E-state index is -2.88. The maximum atomic E-state index is 12.3. The van der Waals surface area contributed by atoms with Gasteiger partial charge in [-0.1, -0.05) is 6.07 Å². The van der Waals surface area contributed by atoms with E-state index >= 15 is 0 Å². The van der Waals surface area contributed by atoms with Gasteiger partial charge in [-0.3, -0.25) is 0 Å². The summed E-state index contributed by atoms with van der Waals surface area (Å²) in [6, 6.07) is 6.65. The summed E-state index contributed by atoms with van der Waals surface area (Å²) in [7, 11) is 0. The van der Waals surface area contributed by atoms with E-state index in [-0.39, 0.29) is 5.75 Å². The number of benzene rings is 1. The minimum Gasteiger partial charge on any atom is -0.490 e. The molecule has 0 bridgehead atoms. The fraction of sp³-hybridized carbons (Fsp3) is 0.333. The standard InChI is InChI=1S/C15H17F2N3O2/c1-3-21-13-7-11(4-5-12(13)22-15(16)17)8-18-14-6-10(2)19-9-20-14/h4-7,9,15H,3,8H2,1-2H3,(H,18,19,20). The van der Waals surface area contributed by atoms with E-state index in [1.165, 1.54) is 12.4 Å². The molecular weight excluding hydrogens is 292 g/mol. The lowest BCUT2D eigenvalue weighted by Gasteiger charge is -2.13. The zero-order valence-corrected chi connectivity index (χ0v) is 12.3. The van der Waals surface area contributed by atoms with Crippen molar-refractivity contribution in [1.29, 1.82) is 0 Å². The van der Waals surface area contributed by atoms with Crippen molar-refractivity contribution in [3.8, 4) is 11.5 Å². The Morgan fingerprint density at radius 1 is 1.18 bits per heavy atom. The van der Waals surface area contributed by atoms with Gasteiger partial charge in [0.2, 0.25) is 0 Å². The predicted molar refractivity (Wildman–Crippen MR) is 78.3 cm³/mol. The van der Waals surface area contributed by atoms with Crippen LogP contribution < -0.4 is 14.8 Å². The average Bonchev–Trinajstić information content (AvgIpc) is 2.47. The molecule has 22 heavy (non-hydrogen) atoms. The zero-order valence-electron chi connectivity index (χ0n) is 12.3. The zero-order chi connectivity index (χ0) is 15.9. The fourth-order valence-electron chi connectivity index (χ4n) is 1.87. The normalized spacial score (nSPS) is 10.6. The first-order valence-corrected chi connectivity index (χ1v) is 6.81. The van der Waals surface area contributed by atoms with E-state index in [0.717, 1.165) is 11.3 Å². The third-order valence-electron chi connectivity index (χ3n) is 2.80. The summed E-state index contributed by atoms with van der Waals surface area (Å²) in [4.78, 5) is 8.11. The number of aryl methyl sites for hydroxylation is 1. The van der Waals surface area contributed by atoms with Gasteiger partial charge in [0.25, 0.3) is 0 Å². The molecule has 0 aliphatic rings.